The van der Waals surface area contributed by atoms with Crippen LogP contribution >= 0.6 is 0 Å². The molecule has 0 aliphatic rings. The van der Waals surface area contributed by atoms with Crippen molar-refractivity contribution in [2.45, 2.75) is 13.0 Å². The molecule has 0 aliphatic heterocycles. The van der Waals surface area contributed by atoms with E-state index in [1.54, 1.807) is 24.3 Å². The number of rotatable bonds is 6. The van der Waals surface area contributed by atoms with E-state index in [9.17, 15) is 13.2 Å². The van der Waals surface area contributed by atoms with Gasteiger partial charge < -0.3 is 10.5 Å². The van der Waals surface area contributed by atoms with E-state index in [1.807, 2.05) is 0 Å². The lowest BCUT2D eigenvalue weighted by Crippen LogP contribution is -2.27. The fourth-order valence-corrected chi connectivity index (χ4v) is 2.25. The van der Waals surface area contributed by atoms with Gasteiger partial charge in [0.05, 0.1) is 19.3 Å². The first kappa shape index (κ1) is 14.5. The minimum atomic E-state index is -3.49. The van der Waals surface area contributed by atoms with Gasteiger partial charge in [0.25, 0.3) is 0 Å². The minimum absolute atomic E-state index is 0.147. The molecule has 0 radical (unpaired) electrons. The zero-order valence-electron chi connectivity index (χ0n) is 10.0. The highest BCUT2D eigenvalue weighted by molar-refractivity contribution is 7.89. The maximum atomic E-state index is 11.6. The normalized spacial score (nSPS) is 11.2. The molecule has 0 saturated carbocycles. The Bertz CT molecular complexity index is 514. The molecule has 6 nitrogen and oxygen atoms in total. The number of benzene rings is 1. The van der Waals surface area contributed by atoms with Crippen molar-refractivity contribution < 1.29 is 17.9 Å². The molecule has 7 heteroatoms. The van der Waals surface area contributed by atoms with E-state index < -0.39 is 16.0 Å². The zero-order valence-corrected chi connectivity index (χ0v) is 10.9. The standard InChI is InChI=1S/C11H16N2O4S/c1-17-11(14)5-6-18(15,16)13-8-9-3-2-4-10(12)7-9/h2-4,7,13H,5-6,8,12H2,1H3. The van der Waals surface area contributed by atoms with Gasteiger partial charge in [0.2, 0.25) is 10.0 Å². The van der Waals surface area contributed by atoms with Gasteiger partial charge in [-0.3, -0.25) is 4.79 Å². The van der Waals surface area contributed by atoms with Gasteiger partial charge in [-0.2, -0.15) is 0 Å². The third-order valence-corrected chi connectivity index (χ3v) is 3.58. The molecule has 100 valence electrons. The van der Waals surface area contributed by atoms with Gasteiger partial charge in [-0.1, -0.05) is 12.1 Å². The molecule has 1 aromatic rings. The molecule has 0 bridgehead atoms. The molecule has 0 saturated heterocycles. The number of sulfonamides is 1. The quantitative estimate of drug-likeness (QED) is 0.571. The van der Waals surface area contributed by atoms with Crippen molar-refractivity contribution in [3.63, 3.8) is 0 Å². The highest BCUT2D eigenvalue weighted by Gasteiger charge is 2.13. The lowest BCUT2D eigenvalue weighted by molar-refractivity contribution is -0.140. The van der Waals surface area contributed by atoms with Crippen LogP contribution in [0.4, 0.5) is 5.69 Å². The van der Waals surface area contributed by atoms with E-state index in [4.69, 9.17) is 5.73 Å². The molecular weight excluding hydrogens is 256 g/mol. The van der Waals surface area contributed by atoms with Gasteiger partial charge in [0, 0.05) is 12.2 Å². The number of hydrogen-bond donors (Lipinski definition) is 2. The van der Waals surface area contributed by atoms with E-state index >= 15 is 0 Å². The van der Waals surface area contributed by atoms with Crippen molar-refractivity contribution in [2.75, 3.05) is 18.6 Å². The van der Waals surface area contributed by atoms with Crippen molar-refractivity contribution in [3.05, 3.63) is 29.8 Å². The van der Waals surface area contributed by atoms with Crippen molar-refractivity contribution in [2.24, 2.45) is 0 Å². The molecule has 0 aromatic heterocycles. The zero-order chi connectivity index (χ0) is 13.6. The van der Waals surface area contributed by atoms with Crippen LogP contribution in [-0.2, 0) is 26.1 Å². The number of carbonyl (C=O) groups is 1. The van der Waals surface area contributed by atoms with Gasteiger partial charge in [0.15, 0.2) is 0 Å². The Labute approximate surface area is 106 Å². The summed E-state index contributed by atoms with van der Waals surface area (Å²) in [5.74, 6) is -0.841. The molecule has 0 aliphatic carbocycles. The molecule has 1 aromatic carbocycles. The molecule has 0 atom stereocenters. The Morgan fingerprint density at radius 1 is 1.44 bits per heavy atom. The van der Waals surface area contributed by atoms with E-state index in [-0.39, 0.29) is 18.7 Å². The third-order valence-electron chi connectivity index (χ3n) is 2.25. The molecule has 3 N–H and O–H groups in total. The molecule has 0 spiro atoms. The Kier molecular flexibility index (Phi) is 5.11. The van der Waals surface area contributed by atoms with Crippen LogP contribution in [0.3, 0.4) is 0 Å². The van der Waals surface area contributed by atoms with Crippen LogP contribution in [-0.4, -0.2) is 27.2 Å². The predicted molar refractivity (Wildman–Crippen MR) is 68.1 cm³/mol. The number of anilines is 1. The van der Waals surface area contributed by atoms with Gasteiger partial charge in [-0.05, 0) is 17.7 Å². The predicted octanol–water partition coefficient (Wildman–Crippen LogP) is 0.251. The molecular formula is C11H16N2O4S. The Balaban J connectivity index is 2.49. The van der Waals surface area contributed by atoms with E-state index in [0.29, 0.717) is 5.69 Å². The third kappa shape index (κ3) is 5.15. The Morgan fingerprint density at radius 2 is 2.17 bits per heavy atom. The average Bonchev–Trinajstić information content (AvgIpc) is 2.34. The van der Waals surface area contributed by atoms with Crippen LogP contribution < -0.4 is 10.5 Å². The van der Waals surface area contributed by atoms with Gasteiger partial charge in [-0.15, -0.1) is 0 Å². The molecule has 1 rings (SSSR count). The Morgan fingerprint density at radius 3 is 2.78 bits per heavy atom. The van der Waals surface area contributed by atoms with Crippen molar-refractivity contribution in [1.82, 2.24) is 4.72 Å². The van der Waals surface area contributed by atoms with Crippen LogP contribution in [0.2, 0.25) is 0 Å². The van der Waals surface area contributed by atoms with Crippen LogP contribution in [0, 0.1) is 0 Å². The topological polar surface area (TPSA) is 98.5 Å². The maximum Gasteiger partial charge on any atom is 0.306 e. The lowest BCUT2D eigenvalue weighted by Gasteiger charge is -2.06. The van der Waals surface area contributed by atoms with Gasteiger partial charge in [-0.25, -0.2) is 13.1 Å². The second-order valence-corrected chi connectivity index (χ2v) is 5.64. The number of carbonyl (C=O) groups excluding carboxylic acids is 1. The van der Waals surface area contributed by atoms with Crippen molar-refractivity contribution in [1.29, 1.82) is 0 Å². The number of nitrogens with one attached hydrogen (secondary N) is 1. The summed E-state index contributed by atoms with van der Waals surface area (Å²) in [4.78, 5) is 10.8. The molecule has 18 heavy (non-hydrogen) atoms. The van der Waals surface area contributed by atoms with Gasteiger partial charge in [0.1, 0.15) is 0 Å². The fourth-order valence-electron chi connectivity index (χ4n) is 1.29. The molecule has 0 unspecified atom stereocenters. The second kappa shape index (κ2) is 6.36. The average molecular weight is 272 g/mol. The monoisotopic (exact) mass is 272 g/mol. The summed E-state index contributed by atoms with van der Waals surface area (Å²) < 4.78 is 29.9. The summed E-state index contributed by atoms with van der Waals surface area (Å²) in [5, 5.41) is 0. The molecule has 0 fully saturated rings. The summed E-state index contributed by atoms with van der Waals surface area (Å²) in [5.41, 5.74) is 6.91. The first-order chi connectivity index (χ1) is 8.43. The van der Waals surface area contributed by atoms with Crippen LogP contribution in [0.25, 0.3) is 0 Å². The maximum absolute atomic E-state index is 11.6. The number of methoxy groups -OCH3 is 1. The van der Waals surface area contributed by atoms with Crippen LogP contribution in [0.15, 0.2) is 24.3 Å². The van der Waals surface area contributed by atoms with Gasteiger partial charge >= 0.3 is 5.97 Å². The van der Waals surface area contributed by atoms with Crippen molar-refractivity contribution >= 4 is 21.7 Å². The first-order valence-electron chi connectivity index (χ1n) is 5.31. The Hall–Kier alpha value is -1.60. The number of ether oxygens (including phenoxy) is 1. The summed E-state index contributed by atoms with van der Waals surface area (Å²) in [7, 11) is -2.27. The molecule has 0 amide bonds. The number of nitrogens with two attached hydrogens (primary N) is 1. The van der Waals surface area contributed by atoms with Crippen molar-refractivity contribution in [3.8, 4) is 0 Å². The van der Waals surface area contributed by atoms with Crippen LogP contribution in [0.5, 0.6) is 0 Å². The SMILES string of the molecule is COC(=O)CCS(=O)(=O)NCc1cccc(N)c1. The number of nitrogen functional groups attached to an aromatic ring is 1. The largest absolute Gasteiger partial charge is 0.469 e. The highest BCUT2D eigenvalue weighted by atomic mass is 32.2. The lowest BCUT2D eigenvalue weighted by atomic mass is 10.2. The van der Waals surface area contributed by atoms with E-state index in [0.717, 1.165) is 5.56 Å². The summed E-state index contributed by atoms with van der Waals surface area (Å²) >= 11 is 0. The minimum Gasteiger partial charge on any atom is -0.469 e. The highest BCUT2D eigenvalue weighted by Crippen LogP contribution is 2.06. The van der Waals surface area contributed by atoms with E-state index in [1.165, 1.54) is 7.11 Å². The van der Waals surface area contributed by atoms with E-state index in [2.05, 4.69) is 9.46 Å². The fraction of sp³-hybridized carbons (Fsp3) is 0.364. The molecule has 0 heterocycles. The summed E-state index contributed by atoms with van der Waals surface area (Å²) in [6.45, 7) is 0.147. The number of esters is 1. The smallest absolute Gasteiger partial charge is 0.306 e. The van der Waals surface area contributed by atoms with Crippen LogP contribution in [0.1, 0.15) is 12.0 Å². The summed E-state index contributed by atoms with van der Waals surface area (Å²) in [6, 6.07) is 6.91. The number of hydrogen-bond acceptors (Lipinski definition) is 5. The second-order valence-electron chi connectivity index (χ2n) is 3.71. The first-order valence-corrected chi connectivity index (χ1v) is 6.97. The summed E-state index contributed by atoms with van der Waals surface area (Å²) in [6.07, 6.45) is -0.164.